The van der Waals surface area contributed by atoms with Gasteiger partial charge in [0, 0.05) is 25.7 Å². The Balaban J connectivity index is 0.00000180. The van der Waals surface area contributed by atoms with E-state index in [0.717, 1.165) is 25.1 Å². The Morgan fingerprint density at radius 3 is 2.37 bits per heavy atom. The first kappa shape index (κ1) is 16.1. The highest BCUT2D eigenvalue weighted by Crippen LogP contribution is 2.23. The van der Waals surface area contributed by atoms with Crippen LogP contribution in [0.5, 0.6) is 5.75 Å². The Bertz CT molecular complexity index is 397. The van der Waals surface area contributed by atoms with Crippen LogP contribution in [-0.4, -0.2) is 30.4 Å². The average molecular weight is 297 g/mol. The molecule has 108 valence electrons. The summed E-state index contributed by atoms with van der Waals surface area (Å²) in [5.74, 6) is -0.190. The van der Waals surface area contributed by atoms with E-state index in [9.17, 15) is 13.2 Å². The molecule has 0 bridgehead atoms. The van der Waals surface area contributed by atoms with Crippen molar-refractivity contribution in [1.82, 2.24) is 4.90 Å². The van der Waals surface area contributed by atoms with E-state index in [-0.39, 0.29) is 24.2 Å². The van der Waals surface area contributed by atoms with Crippen LogP contribution < -0.4 is 10.5 Å². The topological polar surface area (TPSA) is 38.5 Å². The number of benzene rings is 1. The Kier molecular flexibility index (Phi) is 5.46. The molecule has 1 aliphatic rings. The van der Waals surface area contributed by atoms with Gasteiger partial charge < -0.3 is 10.5 Å². The minimum atomic E-state index is -4.64. The molecule has 0 saturated carbocycles. The van der Waals surface area contributed by atoms with Crippen LogP contribution in [0.25, 0.3) is 0 Å². The SMILES string of the molecule is Cl.NC1CCN(Cc2ccc(OC(F)(F)F)cc2)C1. The van der Waals surface area contributed by atoms with Crippen LogP contribution in [0.1, 0.15) is 12.0 Å². The quantitative estimate of drug-likeness (QED) is 0.931. The highest BCUT2D eigenvalue weighted by atomic mass is 35.5. The van der Waals surface area contributed by atoms with Gasteiger partial charge in [-0.25, -0.2) is 0 Å². The Morgan fingerprint density at radius 2 is 1.89 bits per heavy atom. The standard InChI is InChI=1S/C12H15F3N2O.ClH/c13-12(14,15)18-11-3-1-9(2-4-11)7-17-6-5-10(16)8-17;/h1-4,10H,5-8,16H2;1H. The first-order valence-electron chi connectivity index (χ1n) is 5.75. The molecule has 0 radical (unpaired) electrons. The second-order valence-corrected chi connectivity index (χ2v) is 4.48. The molecule has 7 heteroatoms. The Morgan fingerprint density at radius 1 is 1.26 bits per heavy atom. The predicted octanol–water partition coefficient (Wildman–Crippen LogP) is 2.54. The normalized spacial score (nSPS) is 20.1. The molecule has 1 fully saturated rings. The Hall–Kier alpha value is -0.980. The van der Waals surface area contributed by atoms with Gasteiger partial charge in [-0.05, 0) is 24.1 Å². The fourth-order valence-electron chi connectivity index (χ4n) is 2.06. The van der Waals surface area contributed by atoms with Crippen molar-refractivity contribution in [3.8, 4) is 5.75 Å². The third-order valence-electron chi connectivity index (χ3n) is 2.87. The van der Waals surface area contributed by atoms with Crippen LogP contribution in [0.3, 0.4) is 0 Å². The van der Waals surface area contributed by atoms with Gasteiger partial charge in [-0.3, -0.25) is 4.90 Å². The molecular formula is C12H16ClF3N2O. The van der Waals surface area contributed by atoms with Crippen LogP contribution in [0.2, 0.25) is 0 Å². The zero-order valence-corrected chi connectivity index (χ0v) is 11.0. The smallest absolute Gasteiger partial charge is 0.406 e. The molecule has 2 N–H and O–H groups in total. The van der Waals surface area contributed by atoms with Gasteiger partial charge in [0.1, 0.15) is 5.75 Å². The number of nitrogens with two attached hydrogens (primary N) is 1. The lowest BCUT2D eigenvalue weighted by Gasteiger charge is -2.15. The van der Waals surface area contributed by atoms with Crippen molar-refractivity contribution in [2.75, 3.05) is 13.1 Å². The van der Waals surface area contributed by atoms with E-state index in [4.69, 9.17) is 5.73 Å². The van der Waals surface area contributed by atoms with Gasteiger partial charge in [0.2, 0.25) is 0 Å². The maximum Gasteiger partial charge on any atom is 0.573 e. The number of hydrogen-bond acceptors (Lipinski definition) is 3. The number of nitrogens with zero attached hydrogens (tertiary/aromatic N) is 1. The van der Waals surface area contributed by atoms with Crippen molar-refractivity contribution < 1.29 is 17.9 Å². The zero-order chi connectivity index (χ0) is 13.2. The summed E-state index contributed by atoms with van der Waals surface area (Å²) in [7, 11) is 0. The minimum absolute atomic E-state index is 0. The lowest BCUT2D eigenvalue weighted by molar-refractivity contribution is -0.274. The summed E-state index contributed by atoms with van der Waals surface area (Å²) >= 11 is 0. The molecule has 0 aliphatic carbocycles. The number of ether oxygens (including phenoxy) is 1. The van der Waals surface area contributed by atoms with Crippen molar-refractivity contribution in [3.63, 3.8) is 0 Å². The fourth-order valence-corrected chi connectivity index (χ4v) is 2.06. The average Bonchev–Trinajstić information content (AvgIpc) is 2.65. The monoisotopic (exact) mass is 296 g/mol. The van der Waals surface area contributed by atoms with Crippen molar-refractivity contribution in [1.29, 1.82) is 0 Å². The molecule has 1 atom stereocenters. The molecule has 1 aliphatic heterocycles. The van der Waals surface area contributed by atoms with E-state index in [1.165, 1.54) is 12.1 Å². The highest BCUT2D eigenvalue weighted by molar-refractivity contribution is 5.85. The molecular weight excluding hydrogens is 281 g/mol. The third kappa shape index (κ3) is 5.26. The lowest BCUT2D eigenvalue weighted by Crippen LogP contribution is -2.26. The fraction of sp³-hybridized carbons (Fsp3) is 0.500. The predicted molar refractivity (Wildman–Crippen MR) is 68.2 cm³/mol. The van der Waals surface area contributed by atoms with E-state index < -0.39 is 6.36 Å². The van der Waals surface area contributed by atoms with Crippen LogP contribution in [0, 0.1) is 0 Å². The maximum absolute atomic E-state index is 12.0. The largest absolute Gasteiger partial charge is 0.573 e. The zero-order valence-electron chi connectivity index (χ0n) is 10.2. The maximum atomic E-state index is 12.0. The van der Waals surface area contributed by atoms with Gasteiger partial charge in [0.15, 0.2) is 0 Å². The van der Waals surface area contributed by atoms with E-state index in [1.54, 1.807) is 12.1 Å². The molecule has 2 rings (SSSR count). The number of likely N-dealkylation sites (tertiary alicyclic amines) is 1. The Labute approximate surface area is 115 Å². The second-order valence-electron chi connectivity index (χ2n) is 4.48. The second kappa shape index (κ2) is 6.45. The van der Waals surface area contributed by atoms with E-state index in [1.807, 2.05) is 0 Å². The van der Waals surface area contributed by atoms with Crippen molar-refractivity contribution in [2.45, 2.75) is 25.4 Å². The third-order valence-corrected chi connectivity index (χ3v) is 2.87. The van der Waals surface area contributed by atoms with Gasteiger partial charge in [-0.15, -0.1) is 25.6 Å². The minimum Gasteiger partial charge on any atom is -0.406 e. The van der Waals surface area contributed by atoms with Crippen LogP contribution in [0.4, 0.5) is 13.2 Å². The lowest BCUT2D eigenvalue weighted by atomic mass is 10.2. The van der Waals surface area contributed by atoms with Crippen molar-refractivity contribution >= 4 is 12.4 Å². The van der Waals surface area contributed by atoms with E-state index in [2.05, 4.69) is 9.64 Å². The first-order chi connectivity index (χ1) is 8.42. The van der Waals surface area contributed by atoms with Crippen LogP contribution in [-0.2, 0) is 6.54 Å². The number of rotatable bonds is 3. The molecule has 1 saturated heterocycles. The molecule has 1 aromatic carbocycles. The summed E-state index contributed by atoms with van der Waals surface area (Å²) in [5, 5.41) is 0. The van der Waals surface area contributed by atoms with E-state index in [0.29, 0.717) is 6.54 Å². The molecule has 3 nitrogen and oxygen atoms in total. The van der Waals surface area contributed by atoms with Gasteiger partial charge >= 0.3 is 6.36 Å². The molecule has 1 unspecified atom stereocenters. The molecule has 0 spiro atoms. The van der Waals surface area contributed by atoms with Gasteiger partial charge in [0.05, 0.1) is 0 Å². The van der Waals surface area contributed by atoms with Gasteiger partial charge in [-0.2, -0.15) is 0 Å². The highest BCUT2D eigenvalue weighted by Gasteiger charge is 2.31. The summed E-state index contributed by atoms with van der Waals surface area (Å²) in [6.07, 6.45) is -3.67. The van der Waals surface area contributed by atoms with Gasteiger partial charge in [-0.1, -0.05) is 12.1 Å². The number of alkyl halides is 3. The van der Waals surface area contributed by atoms with Gasteiger partial charge in [0.25, 0.3) is 0 Å². The van der Waals surface area contributed by atoms with Crippen LogP contribution in [0.15, 0.2) is 24.3 Å². The summed E-state index contributed by atoms with van der Waals surface area (Å²) in [6.45, 7) is 2.47. The van der Waals surface area contributed by atoms with Crippen molar-refractivity contribution in [2.24, 2.45) is 5.73 Å². The van der Waals surface area contributed by atoms with Crippen molar-refractivity contribution in [3.05, 3.63) is 29.8 Å². The molecule has 1 aromatic rings. The molecule has 1 heterocycles. The first-order valence-corrected chi connectivity index (χ1v) is 5.75. The summed E-state index contributed by atoms with van der Waals surface area (Å²) in [6, 6.07) is 6.16. The van der Waals surface area contributed by atoms with E-state index >= 15 is 0 Å². The number of hydrogen-bond donors (Lipinski definition) is 1. The molecule has 0 amide bonds. The number of halogens is 4. The summed E-state index contributed by atoms with van der Waals surface area (Å²) < 4.78 is 39.7. The summed E-state index contributed by atoms with van der Waals surface area (Å²) in [4.78, 5) is 2.18. The molecule has 19 heavy (non-hydrogen) atoms. The molecule has 0 aromatic heterocycles. The van der Waals surface area contributed by atoms with Crippen LogP contribution >= 0.6 is 12.4 Å². The summed E-state index contributed by atoms with van der Waals surface area (Å²) in [5.41, 5.74) is 6.74.